The van der Waals surface area contributed by atoms with Gasteiger partial charge >= 0.3 is 44.8 Å². The number of carboxylic acid groups (broad SMARTS) is 6. The van der Waals surface area contributed by atoms with Crippen LogP contribution in [-0.2, 0) is 44.8 Å². The van der Waals surface area contributed by atoms with Crippen LogP contribution in [0, 0.1) is 0 Å². The van der Waals surface area contributed by atoms with E-state index in [0.717, 1.165) is 72.8 Å². The van der Waals surface area contributed by atoms with Crippen molar-refractivity contribution < 1.29 is 104 Å². The molecule has 38 heavy (non-hydrogen) atoms. The molecule has 0 radical (unpaired) electrons. The van der Waals surface area contributed by atoms with Crippen molar-refractivity contribution in [3.63, 3.8) is 0 Å². The number of aromatic carboxylic acids is 6. The summed E-state index contributed by atoms with van der Waals surface area (Å²) < 4.78 is 0. The van der Waals surface area contributed by atoms with Gasteiger partial charge in [-0.15, -0.1) is 0 Å². The van der Waals surface area contributed by atoms with E-state index in [0.29, 0.717) is 0 Å². The summed E-state index contributed by atoms with van der Waals surface area (Å²) in [4.78, 5) is 61.2. The maximum absolute atomic E-state index is 10.2. The van der Waals surface area contributed by atoms with Gasteiger partial charge in [0.25, 0.3) is 0 Å². The maximum atomic E-state index is 10.2. The van der Waals surface area contributed by atoms with E-state index < -0.39 is 35.8 Å². The first kappa shape index (κ1) is 36.1. The van der Waals surface area contributed by atoms with Crippen LogP contribution < -0.4 is 30.6 Å². The number of carbonyl (C=O) groups is 6. The second-order valence-corrected chi connectivity index (χ2v) is 6.46. The molecule has 0 N–H and O–H groups in total. The van der Waals surface area contributed by atoms with Gasteiger partial charge in [-0.2, -0.15) is 0 Å². The van der Waals surface area contributed by atoms with Crippen LogP contribution in [0.1, 0.15) is 62.1 Å². The van der Waals surface area contributed by atoms with Gasteiger partial charge < -0.3 is 59.4 Å². The Bertz CT molecular complexity index is 1010. The van der Waals surface area contributed by atoms with Crippen LogP contribution in [0.5, 0.6) is 0 Å². The van der Waals surface area contributed by atoms with Crippen LogP contribution in [0.2, 0.25) is 0 Å². The fourth-order valence-corrected chi connectivity index (χ4v) is 2.23. The number of carbonyl (C=O) groups excluding carboxylic acids is 6. The molecule has 0 atom stereocenters. The van der Waals surface area contributed by atoms with Gasteiger partial charge in [-0.3, -0.25) is 0 Å². The van der Waals surface area contributed by atoms with Crippen molar-refractivity contribution in [3.8, 4) is 0 Å². The van der Waals surface area contributed by atoms with Crippen LogP contribution in [0.25, 0.3) is 0 Å². The molecule has 0 amide bonds. The zero-order valence-electron chi connectivity index (χ0n) is 18.4. The Kier molecular flexibility index (Phi) is 16.6. The topological polar surface area (TPSA) is 241 Å². The third-order valence-corrected chi connectivity index (χ3v) is 4.07. The van der Waals surface area contributed by atoms with E-state index in [1.54, 1.807) is 0 Å². The SMILES string of the molecule is O=C([O-])c1ccc(C(=O)[O-])cc1.O=C([O-])c1ccc(C(=O)[O-])cc1.O=C([O-])c1ccc(C(=O)[O-])cc1.[Au+3].[Au+3]. The van der Waals surface area contributed by atoms with Gasteiger partial charge in [-0.05, 0) is 33.4 Å². The molecule has 3 rings (SSSR count). The van der Waals surface area contributed by atoms with Crippen molar-refractivity contribution in [2.24, 2.45) is 0 Å². The Morgan fingerprint density at radius 1 is 0.289 bits per heavy atom. The first-order valence-electron chi connectivity index (χ1n) is 9.41. The molecule has 0 spiro atoms. The third-order valence-electron chi connectivity index (χ3n) is 4.07. The summed E-state index contributed by atoms with van der Waals surface area (Å²) in [5.74, 6) is -8.00. The van der Waals surface area contributed by atoms with Crippen molar-refractivity contribution in [2.75, 3.05) is 0 Å². The third kappa shape index (κ3) is 12.3. The molecule has 3 aromatic rings. The quantitative estimate of drug-likeness (QED) is 0.212. The monoisotopic (exact) mass is 886 g/mol. The first-order chi connectivity index (χ1) is 16.8. The average molecular weight is 886 g/mol. The summed E-state index contributed by atoms with van der Waals surface area (Å²) in [6.45, 7) is 0. The summed E-state index contributed by atoms with van der Waals surface area (Å²) in [6.07, 6.45) is 0. The minimum Gasteiger partial charge on any atom is -0.545 e. The summed E-state index contributed by atoms with van der Waals surface area (Å²) >= 11 is 0. The van der Waals surface area contributed by atoms with Gasteiger partial charge in [-0.1, -0.05) is 72.8 Å². The molecule has 0 fully saturated rings. The van der Waals surface area contributed by atoms with Gasteiger partial charge in [0.1, 0.15) is 0 Å². The second kappa shape index (κ2) is 17.4. The number of rotatable bonds is 6. The molecule has 0 saturated heterocycles. The Morgan fingerprint density at radius 3 is 0.421 bits per heavy atom. The van der Waals surface area contributed by atoms with Crippen molar-refractivity contribution in [3.05, 3.63) is 106 Å². The molecule has 0 aliphatic carbocycles. The van der Waals surface area contributed by atoms with E-state index in [1.807, 2.05) is 0 Å². The van der Waals surface area contributed by atoms with Crippen LogP contribution in [0.15, 0.2) is 72.8 Å². The Morgan fingerprint density at radius 2 is 0.368 bits per heavy atom. The van der Waals surface area contributed by atoms with E-state index in [4.69, 9.17) is 0 Å². The van der Waals surface area contributed by atoms with Crippen LogP contribution >= 0.6 is 0 Å². The van der Waals surface area contributed by atoms with Gasteiger partial charge in [0.2, 0.25) is 0 Å². The minimum atomic E-state index is -1.33. The smallest absolute Gasteiger partial charge is 0.545 e. The fourth-order valence-electron chi connectivity index (χ4n) is 2.23. The number of hydrogen-bond donors (Lipinski definition) is 0. The summed E-state index contributed by atoms with van der Waals surface area (Å²) in [6, 6.07) is 13.8. The van der Waals surface area contributed by atoms with E-state index >= 15 is 0 Å². The van der Waals surface area contributed by atoms with Gasteiger partial charge in [0, 0.05) is 0 Å². The minimum absolute atomic E-state index is 0. The van der Waals surface area contributed by atoms with E-state index in [2.05, 4.69) is 0 Å². The molecular weight excluding hydrogens is 874 g/mol. The predicted octanol–water partition coefficient (Wildman–Crippen LogP) is -4.76. The van der Waals surface area contributed by atoms with Crippen LogP contribution in [0.4, 0.5) is 0 Å². The summed E-state index contributed by atoms with van der Waals surface area (Å²) in [5.41, 5.74) is -0.333. The Balaban J connectivity index is 0. The molecule has 0 unspecified atom stereocenters. The van der Waals surface area contributed by atoms with E-state index in [1.165, 1.54) is 0 Å². The molecule has 14 heteroatoms. The second-order valence-electron chi connectivity index (χ2n) is 6.46. The molecule has 0 aliphatic heterocycles. The van der Waals surface area contributed by atoms with Gasteiger partial charge in [-0.25, -0.2) is 0 Å². The molecule has 0 aromatic heterocycles. The van der Waals surface area contributed by atoms with Gasteiger partial charge in [0.15, 0.2) is 0 Å². The zero-order valence-corrected chi connectivity index (χ0v) is 22.8. The van der Waals surface area contributed by atoms with Crippen LogP contribution in [0.3, 0.4) is 0 Å². The van der Waals surface area contributed by atoms with Crippen molar-refractivity contribution in [1.29, 1.82) is 0 Å². The standard InChI is InChI=1S/3C8H6O4.2Au/c3*9-7(10)5-1-2-6(4-3-5)8(11)12;;/h3*1-4H,(H,9,10)(H,11,12);;/q;;;2*+3/p-6. The van der Waals surface area contributed by atoms with Crippen molar-refractivity contribution in [1.82, 2.24) is 0 Å². The molecule has 12 nitrogen and oxygen atoms in total. The number of benzene rings is 3. The van der Waals surface area contributed by atoms with E-state index in [-0.39, 0.29) is 78.1 Å². The Hall–Kier alpha value is -4.04. The van der Waals surface area contributed by atoms with Gasteiger partial charge in [0.05, 0.1) is 35.8 Å². The number of carboxylic acids is 6. The predicted molar refractivity (Wildman–Crippen MR) is 105 cm³/mol. The molecular formula is C24H12Au2O12. The summed E-state index contributed by atoms with van der Waals surface area (Å²) in [5, 5.41) is 61.2. The molecule has 202 valence electrons. The van der Waals surface area contributed by atoms with Crippen molar-refractivity contribution >= 4 is 35.8 Å². The van der Waals surface area contributed by atoms with E-state index in [9.17, 15) is 59.4 Å². The normalized spacial score (nSPS) is 8.84. The molecule has 0 aliphatic rings. The first-order valence-corrected chi connectivity index (χ1v) is 9.41. The summed E-state index contributed by atoms with van der Waals surface area (Å²) in [7, 11) is 0. The molecule has 0 bridgehead atoms. The molecule has 0 heterocycles. The fraction of sp³-hybridized carbons (Fsp3) is 0. The Labute approximate surface area is 245 Å². The molecule has 3 aromatic carbocycles. The average Bonchev–Trinajstić information content (AvgIpc) is 2.84. The van der Waals surface area contributed by atoms with Crippen molar-refractivity contribution in [2.45, 2.75) is 0 Å². The van der Waals surface area contributed by atoms with Crippen LogP contribution in [-0.4, -0.2) is 35.8 Å². The maximum Gasteiger partial charge on any atom is 3.00 e. The molecule has 0 saturated carbocycles. The number of hydrogen-bond acceptors (Lipinski definition) is 12. The zero-order chi connectivity index (χ0) is 27.4. The largest absolute Gasteiger partial charge is 3.00 e.